The molecule has 0 heterocycles. The third kappa shape index (κ3) is 6.74. The molecule has 11 heteroatoms. The third-order valence-corrected chi connectivity index (χ3v) is 5.58. The second-order valence-electron chi connectivity index (χ2n) is 5.57. The first-order chi connectivity index (χ1) is 13.0. The molecule has 2 aromatic carbocycles. The minimum Gasteiger partial charge on any atom is -0.330 e. The minimum atomic E-state index is -1.95. The van der Waals surface area contributed by atoms with Crippen molar-refractivity contribution in [2.75, 3.05) is 5.32 Å². The SMILES string of the molecule is O=C(Nc1ccc(Cl)c(Cl)c1)N[C@H](CC(=O)c1ccc(Cl)cc1Cl)C(Cl)(Cl)Cl. The molecule has 0 unspecified atom stereocenters. The Balaban J connectivity index is 2.11. The summed E-state index contributed by atoms with van der Waals surface area (Å²) in [5.41, 5.74) is 0.555. The van der Waals surface area contributed by atoms with Gasteiger partial charge in [-0.2, -0.15) is 0 Å². The highest BCUT2D eigenvalue weighted by Crippen LogP contribution is 2.33. The smallest absolute Gasteiger partial charge is 0.319 e. The van der Waals surface area contributed by atoms with Crippen LogP contribution in [0.4, 0.5) is 10.5 Å². The summed E-state index contributed by atoms with van der Waals surface area (Å²) in [5.74, 6) is -0.437. The number of nitrogens with one attached hydrogen (secondary N) is 2. The molecule has 2 amide bonds. The van der Waals surface area contributed by atoms with Crippen molar-refractivity contribution < 1.29 is 9.59 Å². The fourth-order valence-electron chi connectivity index (χ4n) is 2.16. The second-order valence-corrected chi connectivity index (χ2v) is 9.60. The first-order valence-corrected chi connectivity index (χ1v) is 10.2. The van der Waals surface area contributed by atoms with E-state index in [2.05, 4.69) is 10.6 Å². The Kier molecular flexibility index (Phi) is 8.41. The monoisotopic (exact) mass is 520 g/mol. The Morgan fingerprint density at radius 3 is 2.14 bits per heavy atom. The molecule has 4 nitrogen and oxygen atoms in total. The second kappa shape index (κ2) is 9.94. The van der Waals surface area contributed by atoms with E-state index in [4.69, 9.17) is 81.2 Å². The molecule has 0 bridgehead atoms. The average Bonchev–Trinajstić information content (AvgIpc) is 2.56. The van der Waals surface area contributed by atoms with Gasteiger partial charge in [0, 0.05) is 22.7 Å². The minimum absolute atomic E-state index is 0.154. The van der Waals surface area contributed by atoms with E-state index in [9.17, 15) is 9.59 Å². The molecule has 2 N–H and O–H groups in total. The van der Waals surface area contributed by atoms with Gasteiger partial charge in [-0.3, -0.25) is 4.79 Å². The van der Waals surface area contributed by atoms with E-state index in [1.54, 1.807) is 0 Å². The summed E-state index contributed by atoms with van der Waals surface area (Å²) < 4.78 is -1.95. The number of urea groups is 1. The summed E-state index contributed by atoms with van der Waals surface area (Å²) in [7, 11) is 0. The number of carbonyl (C=O) groups is 2. The number of Topliss-reactive ketones (excluding diaryl/α,β-unsaturated/α-hetero) is 1. The van der Waals surface area contributed by atoms with Gasteiger partial charge >= 0.3 is 6.03 Å². The largest absolute Gasteiger partial charge is 0.330 e. The van der Waals surface area contributed by atoms with Crippen LogP contribution < -0.4 is 10.6 Å². The number of amides is 2. The normalized spacial score (nSPS) is 12.4. The lowest BCUT2D eigenvalue weighted by molar-refractivity contribution is 0.0971. The van der Waals surface area contributed by atoms with Gasteiger partial charge in [0.25, 0.3) is 0 Å². The van der Waals surface area contributed by atoms with Crippen molar-refractivity contribution in [3.63, 3.8) is 0 Å². The molecule has 2 rings (SSSR count). The fourth-order valence-corrected chi connectivity index (χ4v) is 3.37. The molecule has 0 saturated heterocycles. The lowest BCUT2D eigenvalue weighted by atomic mass is 10.0. The van der Waals surface area contributed by atoms with E-state index in [-0.39, 0.29) is 22.0 Å². The summed E-state index contributed by atoms with van der Waals surface area (Å²) in [6.07, 6.45) is -0.313. The molecule has 0 aliphatic carbocycles. The molecule has 0 aromatic heterocycles. The zero-order valence-electron chi connectivity index (χ0n) is 13.7. The lowest BCUT2D eigenvalue weighted by Crippen LogP contribution is -2.46. The number of hydrogen-bond donors (Lipinski definition) is 2. The van der Waals surface area contributed by atoms with Gasteiger partial charge in [0.1, 0.15) is 0 Å². The zero-order chi connectivity index (χ0) is 21.1. The highest BCUT2D eigenvalue weighted by molar-refractivity contribution is 6.68. The van der Waals surface area contributed by atoms with Gasteiger partial charge in [0.15, 0.2) is 5.78 Å². The summed E-state index contributed by atoms with van der Waals surface area (Å²) in [5, 5.41) is 6.09. The summed E-state index contributed by atoms with van der Waals surface area (Å²) in [4.78, 5) is 24.8. The molecule has 150 valence electrons. The van der Waals surface area contributed by atoms with E-state index in [0.717, 1.165) is 0 Å². The molecule has 0 saturated carbocycles. The first kappa shape index (κ1) is 23.7. The number of rotatable bonds is 5. The molecular formula is C17H11Cl7N2O2. The van der Waals surface area contributed by atoms with Gasteiger partial charge < -0.3 is 10.6 Å². The Bertz CT molecular complexity index is 900. The predicted molar refractivity (Wildman–Crippen MR) is 118 cm³/mol. The summed E-state index contributed by atoms with van der Waals surface area (Å²) >= 11 is 41.4. The van der Waals surface area contributed by atoms with Crippen molar-refractivity contribution in [2.24, 2.45) is 0 Å². The maximum atomic E-state index is 12.5. The van der Waals surface area contributed by atoms with Crippen LogP contribution in [0.3, 0.4) is 0 Å². The molecule has 0 aliphatic heterocycles. The predicted octanol–water partition coefficient (Wildman–Crippen LogP) is 7.43. The molecular weight excluding hydrogens is 512 g/mol. The molecule has 0 spiro atoms. The standard InChI is InChI=1S/C17H11Cl7N2O2/c18-8-1-3-10(12(20)5-8)14(27)7-15(17(22,23)24)26-16(28)25-9-2-4-11(19)13(21)6-9/h1-6,15H,7H2,(H2,25,26,28)/t15-/m1/s1. The fraction of sp³-hybridized carbons (Fsp3) is 0.176. The Labute approximate surface area is 196 Å². The Hall–Kier alpha value is -0.590. The van der Waals surface area contributed by atoms with Crippen LogP contribution in [0.2, 0.25) is 20.1 Å². The van der Waals surface area contributed by atoms with Crippen LogP contribution in [-0.2, 0) is 0 Å². The highest BCUT2D eigenvalue weighted by atomic mass is 35.6. The Morgan fingerprint density at radius 2 is 1.57 bits per heavy atom. The van der Waals surface area contributed by atoms with E-state index in [0.29, 0.717) is 15.7 Å². The van der Waals surface area contributed by atoms with Crippen molar-refractivity contribution in [1.82, 2.24) is 5.32 Å². The van der Waals surface area contributed by atoms with E-state index < -0.39 is 21.6 Å². The Morgan fingerprint density at radius 1 is 0.893 bits per heavy atom. The van der Waals surface area contributed by atoms with Gasteiger partial charge in [0.2, 0.25) is 3.79 Å². The topological polar surface area (TPSA) is 58.2 Å². The number of benzene rings is 2. The summed E-state index contributed by atoms with van der Waals surface area (Å²) in [6.45, 7) is 0. The first-order valence-electron chi connectivity index (χ1n) is 7.55. The molecule has 0 aliphatic rings. The van der Waals surface area contributed by atoms with E-state index in [1.165, 1.54) is 36.4 Å². The number of ketones is 1. The lowest BCUT2D eigenvalue weighted by Gasteiger charge is -2.25. The van der Waals surface area contributed by atoms with Gasteiger partial charge in [-0.15, -0.1) is 0 Å². The van der Waals surface area contributed by atoms with Gasteiger partial charge in [-0.05, 0) is 36.4 Å². The highest BCUT2D eigenvalue weighted by Gasteiger charge is 2.36. The summed E-state index contributed by atoms with van der Waals surface area (Å²) in [6, 6.07) is 7.05. The van der Waals surface area contributed by atoms with Crippen LogP contribution in [0.15, 0.2) is 36.4 Å². The van der Waals surface area contributed by atoms with Crippen LogP contribution in [0.5, 0.6) is 0 Å². The van der Waals surface area contributed by atoms with Crippen molar-refractivity contribution in [2.45, 2.75) is 16.3 Å². The van der Waals surface area contributed by atoms with Crippen molar-refractivity contribution in [3.8, 4) is 0 Å². The molecule has 2 aromatic rings. The maximum Gasteiger partial charge on any atom is 0.319 e. The number of alkyl halides is 3. The third-order valence-electron chi connectivity index (χ3n) is 3.50. The van der Waals surface area contributed by atoms with Crippen LogP contribution >= 0.6 is 81.2 Å². The van der Waals surface area contributed by atoms with Crippen molar-refractivity contribution in [3.05, 3.63) is 62.1 Å². The average molecular weight is 523 g/mol. The number of hydrogen-bond acceptors (Lipinski definition) is 2. The maximum absolute atomic E-state index is 12.5. The van der Waals surface area contributed by atoms with Gasteiger partial charge in [-0.1, -0.05) is 81.2 Å². The van der Waals surface area contributed by atoms with Crippen molar-refractivity contribution >= 4 is 98.7 Å². The quantitative estimate of drug-likeness (QED) is 0.316. The molecule has 0 fully saturated rings. The molecule has 28 heavy (non-hydrogen) atoms. The molecule has 1 atom stereocenters. The molecule has 0 radical (unpaired) electrons. The number of anilines is 1. The van der Waals surface area contributed by atoms with Gasteiger partial charge in [0.05, 0.1) is 21.1 Å². The van der Waals surface area contributed by atoms with E-state index >= 15 is 0 Å². The van der Waals surface area contributed by atoms with Crippen LogP contribution in [-0.4, -0.2) is 21.6 Å². The van der Waals surface area contributed by atoms with Crippen LogP contribution in [0.25, 0.3) is 0 Å². The number of carbonyl (C=O) groups excluding carboxylic acids is 2. The van der Waals surface area contributed by atoms with E-state index in [1.807, 2.05) is 0 Å². The zero-order valence-corrected chi connectivity index (χ0v) is 19.0. The number of halogens is 7. The van der Waals surface area contributed by atoms with Crippen LogP contribution in [0, 0.1) is 0 Å². The van der Waals surface area contributed by atoms with Gasteiger partial charge in [-0.25, -0.2) is 4.79 Å². The van der Waals surface area contributed by atoms with Crippen molar-refractivity contribution in [1.29, 1.82) is 0 Å². The van der Waals surface area contributed by atoms with Crippen LogP contribution in [0.1, 0.15) is 16.8 Å².